The average molecular weight is 453 g/mol. The van der Waals surface area contributed by atoms with Gasteiger partial charge in [0.15, 0.2) is 5.82 Å². The second kappa shape index (κ2) is 10.6. The Labute approximate surface area is 199 Å². The van der Waals surface area contributed by atoms with Gasteiger partial charge >= 0.3 is 6.01 Å². The molecule has 1 N–H and O–H groups in total. The molecule has 172 valence electrons. The Kier molecular flexibility index (Phi) is 7.18. The van der Waals surface area contributed by atoms with Crippen LogP contribution in [0.15, 0.2) is 84.9 Å². The lowest BCUT2D eigenvalue weighted by Crippen LogP contribution is -2.08. The summed E-state index contributed by atoms with van der Waals surface area (Å²) in [5, 5.41) is 7.50. The van der Waals surface area contributed by atoms with Gasteiger partial charge in [-0.3, -0.25) is 4.79 Å². The monoisotopic (exact) mass is 452 g/mol. The molecule has 0 aliphatic heterocycles. The summed E-state index contributed by atoms with van der Waals surface area (Å²) in [5.41, 5.74) is 4.57. The van der Waals surface area contributed by atoms with E-state index in [0.29, 0.717) is 30.0 Å². The van der Waals surface area contributed by atoms with E-state index in [9.17, 15) is 4.79 Å². The van der Waals surface area contributed by atoms with Gasteiger partial charge in [-0.25, -0.2) is 4.68 Å². The van der Waals surface area contributed by atoms with Gasteiger partial charge in [0.05, 0.1) is 12.3 Å². The maximum Gasteiger partial charge on any atom is 0.336 e. The second-order valence-electron chi connectivity index (χ2n) is 8.43. The second-order valence-corrected chi connectivity index (χ2v) is 8.43. The number of nitrogens with zero attached hydrogens (tertiary/aromatic N) is 3. The van der Waals surface area contributed by atoms with Crippen molar-refractivity contribution < 1.29 is 9.53 Å². The molecule has 1 aromatic heterocycles. The molecule has 0 fully saturated rings. The molecule has 4 rings (SSSR count). The molecule has 6 nitrogen and oxygen atoms in total. The topological polar surface area (TPSA) is 69.0 Å². The molecule has 0 spiro atoms. The fourth-order valence-electron chi connectivity index (χ4n) is 3.38. The maximum absolute atomic E-state index is 12.3. The van der Waals surface area contributed by atoms with Crippen molar-refractivity contribution in [2.24, 2.45) is 5.92 Å². The van der Waals surface area contributed by atoms with Crippen molar-refractivity contribution in [1.82, 2.24) is 14.8 Å². The third-order valence-corrected chi connectivity index (χ3v) is 5.13. The summed E-state index contributed by atoms with van der Waals surface area (Å²) in [6.07, 6.45) is 3.31. The molecule has 0 aliphatic rings. The number of aryl methyl sites for hydroxylation is 1. The number of aromatic nitrogens is 3. The van der Waals surface area contributed by atoms with Crippen LogP contribution in [0, 0.1) is 12.8 Å². The fraction of sp³-hybridized carbons (Fsp3) is 0.179. The molecule has 1 heterocycles. The molecule has 0 unspecified atom stereocenters. The number of nitrogens with one attached hydrogen (secondary N) is 1. The van der Waals surface area contributed by atoms with E-state index in [1.807, 2.05) is 85.8 Å². The zero-order chi connectivity index (χ0) is 23.9. The van der Waals surface area contributed by atoms with Gasteiger partial charge in [-0.2, -0.15) is 4.98 Å². The van der Waals surface area contributed by atoms with Gasteiger partial charge in [0, 0.05) is 17.3 Å². The van der Waals surface area contributed by atoms with Crippen molar-refractivity contribution in [3.8, 4) is 23.1 Å². The lowest BCUT2D eigenvalue weighted by Gasteiger charge is -2.09. The van der Waals surface area contributed by atoms with Crippen LogP contribution in [0.4, 0.5) is 5.69 Å². The number of rotatable bonds is 8. The largest absolute Gasteiger partial charge is 0.462 e. The van der Waals surface area contributed by atoms with Gasteiger partial charge in [0.25, 0.3) is 0 Å². The molecular formula is C28H28N4O2. The molecule has 0 bridgehead atoms. The number of carbonyl (C=O) groups excluding carboxylic acids is 1. The summed E-state index contributed by atoms with van der Waals surface area (Å²) < 4.78 is 7.58. The molecule has 34 heavy (non-hydrogen) atoms. The summed E-state index contributed by atoms with van der Waals surface area (Å²) in [6, 6.07) is 25.6. The van der Waals surface area contributed by atoms with E-state index in [2.05, 4.69) is 29.2 Å². The predicted molar refractivity (Wildman–Crippen MR) is 136 cm³/mol. The van der Waals surface area contributed by atoms with Crippen LogP contribution in [0.1, 0.15) is 25.0 Å². The van der Waals surface area contributed by atoms with Crippen LogP contribution in [0.3, 0.4) is 0 Å². The number of carbonyl (C=O) groups is 1. The van der Waals surface area contributed by atoms with E-state index in [1.54, 1.807) is 10.8 Å². The van der Waals surface area contributed by atoms with E-state index in [0.717, 1.165) is 22.4 Å². The fourth-order valence-corrected chi connectivity index (χ4v) is 3.38. The van der Waals surface area contributed by atoms with Crippen molar-refractivity contribution >= 4 is 17.7 Å². The highest BCUT2D eigenvalue weighted by molar-refractivity contribution is 6.01. The lowest BCUT2D eigenvalue weighted by atomic mass is 10.1. The number of hydrogen-bond acceptors (Lipinski definition) is 4. The van der Waals surface area contributed by atoms with Crippen molar-refractivity contribution in [2.75, 3.05) is 11.9 Å². The molecule has 0 saturated carbocycles. The summed E-state index contributed by atoms with van der Waals surface area (Å²) in [4.78, 5) is 17.0. The molecule has 0 radical (unpaired) electrons. The Morgan fingerprint density at radius 1 is 1.00 bits per heavy atom. The zero-order valence-electron chi connectivity index (χ0n) is 19.6. The van der Waals surface area contributed by atoms with Gasteiger partial charge in [0.1, 0.15) is 0 Å². The van der Waals surface area contributed by atoms with Gasteiger partial charge in [-0.05, 0) is 54.3 Å². The van der Waals surface area contributed by atoms with E-state index in [-0.39, 0.29) is 5.91 Å². The number of ether oxygens (including phenoxy) is 1. The van der Waals surface area contributed by atoms with Crippen molar-refractivity contribution in [2.45, 2.75) is 20.8 Å². The van der Waals surface area contributed by atoms with Crippen LogP contribution in [-0.4, -0.2) is 27.3 Å². The highest BCUT2D eigenvalue weighted by Crippen LogP contribution is 2.27. The highest BCUT2D eigenvalue weighted by Gasteiger charge is 2.16. The minimum atomic E-state index is -0.192. The number of amides is 1. The predicted octanol–water partition coefficient (Wildman–Crippen LogP) is 5.93. The summed E-state index contributed by atoms with van der Waals surface area (Å²) >= 11 is 0. The lowest BCUT2D eigenvalue weighted by molar-refractivity contribution is -0.111. The van der Waals surface area contributed by atoms with E-state index >= 15 is 0 Å². The highest BCUT2D eigenvalue weighted by atomic mass is 16.5. The number of benzene rings is 3. The average Bonchev–Trinajstić information content (AvgIpc) is 3.27. The van der Waals surface area contributed by atoms with Crippen LogP contribution < -0.4 is 10.1 Å². The maximum atomic E-state index is 12.3. The van der Waals surface area contributed by atoms with Gasteiger partial charge in [-0.15, -0.1) is 5.10 Å². The molecular weight excluding hydrogens is 424 g/mol. The Morgan fingerprint density at radius 3 is 2.41 bits per heavy atom. The van der Waals surface area contributed by atoms with Crippen LogP contribution >= 0.6 is 0 Å². The normalized spacial score (nSPS) is 11.2. The smallest absolute Gasteiger partial charge is 0.336 e. The summed E-state index contributed by atoms with van der Waals surface area (Å²) in [6.45, 7) is 6.76. The third kappa shape index (κ3) is 5.78. The Morgan fingerprint density at radius 2 is 1.71 bits per heavy atom. The van der Waals surface area contributed by atoms with Gasteiger partial charge in [0.2, 0.25) is 5.91 Å². The third-order valence-electron chi connectivity index (χ3n) is 5.13. The first-order valence-corrected chi connectivity index (χ1v) is 11.3. The van der Waals surface area contributed by atoms with Crippen LogP contribution in [0.2, 0.25) is 0 Å². The van der Waals surface area contributed by atoms with E-state index < -0.39 is 0 Å². The quantitative estimate of drug-likeness (QED) is 0.337. The van der Waals surface area contributed by atoms with Crippen LogP contribution in [-0.2, 0) is 4.79 Å². The first kappa shape index (κ1) is 23.0. The van der Waals surface area contributed by atoms with Gasteiger partial charge < -0.3 is 10.1 Å². The molecule has 4 aromatic rings. The van der Waals surface area contributed by atoms with Crippen LogP contribution in [0.25, 0.3) is 23.2 Å². The first-order valence-electron chi connectivity index (χ1n) is 11.3. The molecule has 6 heteroatoms. The van der Waals surface area contributed by atoms with Gasteiger partial charge in [-0.1, -0.05) is 68.4 Å². The first-order chi connectivity index (χ1) is 16.5. The SMILES string of the molecule is Cc1ccccc1-c1nc(OCC(C)C)nn1-c1ccc(NC(=O)/C=C/c2ccccc2)cc1. The minimum absolute atomic E-state index is 0.192. The molecule has 1 amide bonds. The Bertz CT molecular complexity index is 1280. The van der Waals surface area contributed by atoms with Crippen molar-refractivity contribution in [3.63, 3.8) is 0 Å². The molecule has 3 aromatic carbocycles. The van der Waals surface area contributed by atoms with E-state index in [1.165, 1.54) is 6.08 Å². The number of hydrogen-bond donors (Lipinski definition) is 1. The Hall–Kier alpha value is -4.19. The zero-order valence-corrected chi connectivity index (χ0v) is 19.6. The van der Waals surface area contributed by atoms with Crippen molar-refractivity contribution in [1.29, 1.82) is 0 Å². The molecule has 0 aliphatic carbocycles. The molecule has 0 saturated heterocycles. The van der Waals surface area contributed by atoms with Crippen LogP contribution in [0.5, 0.6) is 6.01 Å². The summed E-state index contributed by atoms with van der Waals surface area (Å²) in [5.74, 6) is 0.884. The molecule has 0 atom stereocenters. The standard InChI is InChI=1S/C28H28N4O2/c1-20(2)19-34-28-30-27(25-12-8-7-9-21(25)3)32(31-28)24-16-14-23(15-17-24)29-26(33)18-13-22-10-5-4-6-11-22/h4-18,20H,19H2,1-3H3,(H,29,33)/b18-13+. The van der Waals surface area contributed by atoms with E-state index in [4.69, 9.17) is 4.74 Å². The van der Waals surface area contributed by atoms with Crippen molar-refractivity contribution in [3.05, 3.63) is 96.1 Å². The number of anilines is 1. The Balaban J connectivity index is 1.56. The minimum Gasteiger partial charge on any atom is -0.462 e. The summed E-state index contributed by atoms with van der Waals surface area (Å²) in [7, 11) is 0.